The van der Waals surface area contributed by atoms with E-state index in [-0.39, 0.29) is 35.0 Å². The number of nitro groups is 1. The van der Waals surface area contributed by atoms with Crippen LogP contribution in [0.15, 0.2) is 29.1 Å². The van der Waals surface area contributed by atoms with E-state index in [9.17, 15) is 19.7 Å². The first-order valence-electron chi connectivity index (χ1n) is 8.14. The lowest BCUT2D eigenvalue weighted by Crippen LogP contribution is -2.20. The number of para-hydroxylation sites is 1. The van der Waals surface area contributed by atoms with Crippen molar-refractivity contribution >= 4 is 22.6 Å². The number of aromatic amines is 1. The van der Waals surface area contributed by atoms with Gasteiger partial charge in [-0.1, -0.05) is 12.1 Å². The van der Waals surface area contributed by atoms with Crippen LogP contribution in [0, 0.1) is 24.0 Å². The third-order valence-corrected chi connectivity index (χ3v) is 4.13. The van der Waals surface area contributed by atoms with Crippen LogP contribution in [0.3, 0.4) is 0 Å². The Labute approximate surface area is 152 Å². The highest BCUT2D eigenvalue weighted by Gasteiger charge is 2.24. The highest BCUT2D eigenvalue weighted by atomic mass is 16.6. The van der Waals surface area contributed by atoms with Gasteiger partial charge in [-0.2, -0.15) is 5.10 Å². The molecule has 10 nitrogen and oxygen atoms in total. The largest absolute Gasteiger partial charge is 0.453 e. The van der Waals surface area contributed by atoms with E-state index in [1.807, 2.05) is 0 Å². The molecule has 0 aliphatic heterocycles. The average molecular weight is 371 g/mol. The molecule has 0 radical (unpaired) electrons. The molecule has 140 valence electrons. The van der Waals surface area contributed by atoms with Crippen molar-refractivity contribution in [3.8, 4) is 0 Å². The summed E-state index contributed by atoms with van der Waals surface area (Å²) in [7, 11) is 0. The van der Waals surface area contributed by atoms with Gasteiger partial charge in [-0.15, -0.1) is 0 Å². The second kappa shape index (κ2) is 6.98. The molecular formula is C17H17N5O5. The Kier molecular flexibility index (Phi) is 4.72. The summed E-state index contributed by atoms with van der Waals surface area (Å²) in [5.41, 5.74) is 0.524. The Balaban J connectivity index is 1.78. The monoisotopic (exact) mass is 371 g/mol. The second-order valence-electron chi connectivity index (χ2n) is 6.03. The van der Waals surface area contributed by atoms with Gasteiger partial charge in [0.1, 0.15) is 17.9 Å². The van der Waals surface area contributed by atoms with Gasteiger partial charge in [-0.3, -0.25) is 24.4 Å². The fourth-order valence-electron chi connectivity index (χ4n) is 2.82. The van der Waals surface area contributed by atoms with Crippen LogP contribution in [0.25, 0.3) is 10.9 Å². The van der Waals surface area contributed by atoms with Gasteiger partial charge >= 0.3 is 11.7 Å². The van der Waals surface area contributed by atoms with Crippen LogP contribution in [0.2, 0.25) is 0 Å². The summed E-state index contributed by atoms with van der Waals surface area (Å²) >= 11 is 0. The van der Waals surface area contributed by atoms with Gasteiger partial charge in [0.25, 0.3) is 5.56 Å². The Morgan fingerprint density at radius 2 is 2.07 bits per heavy atom. The first-order chi connectivity index (χ1) is 12.8. The molecule has 0 bridgehead atoms. The van der Waals surface area contributed by atoms with Crippen LogP contribution in [0.1, 0.15) is 30.2 Å². The molecule has 3 rings (SSSR count). The Bertz CT molecular complexity index is 1100. The summed E-state index contributed by atoms with van der Waals surface area (Å²) in [5, 5.41) is 15.5. The number of ether oxygens (including phenoxy) is 1. The lowest BCUT2D eigenvalue weighted by molar-refractivity contribution is -0.386. The van der Waals surface area contributed by atoms with Crippen LogP contribution in [0.5, 0.6) is 0 Å². The first kappa shape index (κ1) is 18.2. The molecule has 2 aromatic heterocycles. The van der Waals surface area contributed by atoms with Gasteiger partial charge in [-0.05, 0) is 32.9 Å². The van der Waals surface area contributed by atoms with Gasteiger partial charge in [0, 0.05) is 0 Å². The maximum Gasteiger partial charge on any atom is 0.328 e. The Morgan fingerprint density at radius 1 is 1.37 bits per heavy atom. The van der Waals surface area contributed by atoms with Crippen molar-refractivity contribution in [2.24, 2.45) is 0 Å². The minimum atomic E-state index is -0.804. The van der Waals surface area contributed by atoms with Gasteiger partial charge in [0.15, 0.2) is 11.9 Å². The number of nitrogens with one attached hydrogen (secondary N) is 1. The normalized spacial score (nSPS) is 12.1. The number of carbonyl (C=O) groups is 1. The number of aryl methyl sites for hydroxylation is 1. The van der Waals surface area contributed by atoms with Crippen molar-refractivity contribution in [3.63, 3.8) is 0 Å². The van der Waals surface area contributed by atoms with Gasteiger partial charge < -0.3 is 9.72 Å². The summed E-state index contributed by atoms with van der Waals surface area (Å²) in [4.78, 5) is 41.7. The molecule has 1 atom stereocenters. The van der Waals surface area contributed by atoms with Crippen LogP contribution in [-0.4, -0.2) is 30.6 Å². The number of hydrogen-bond acceptors (Lipinski definition) is 7. The molecule has 27 heavy (non-hydrogen) atoms. The van der Waals surface area contributed by atoms with Crippen molar-refractivity contribution in [2.75, 3.05) is 0 Å². The highest BCUT2D eigenvalue weighted by molar-refractivity contribution is 5.77. The maximum absolute atomic E-state index is 12.2. The molecule has 0 unspecified atom stereocenters. The predicted octanol–water partition coefficient (Wildman–Crippen LogP) is 1.95. The van der Waals surface area contributed by atoms with Gasteiger partial charge in [0.05, 0.1) is 15.8 Å². The van der Waals surface area contributed by atoms with E-state index >= 15 is 0 Å². The van der Waals surface area contributed by atoms with E-state index in [1.54, 1.807) is 31.2 Å². The molecule has 0 saturated carbocycles. The van der Waals surface area contributed by atoms with E-state index in [0.717, 1.165) is 0 Å². The summed E-state index contributed by atoms with van der Waals surface area (Å²) in [5.74, 6) is -0.440. The van der Waals surface area contributed by atoms with E-state index in [2.05, 4.69) is 15.1 Å². The van der Waals surface area contributed by atoms with E-state index in [4.69, 9.17) is 4.74 Å². The number of H-pyrrole nitrogens is 1. The van der Waals surface area contributed by atoms with E-state index < -0.39 is 17.0 Å². The Morgan fingerprint density at radius 3 is 2.74 bits per heavy atom. The molecule has 2 heterocycles. The molecule has 0 fully saturated rings. The SMILES string of the molecule is Cc1nn(CC(=O)O[C@H](C)c2nc3ccccc3c(=O)[nH]2)c(C)c1[N+](=O)[O-]. The van der Waals surface area contributed by atoms with Crippen molar-refractivity contribution in [3.05, 3.63) is 61.9 Å². The minimum Gasteiger partial charge on any atom is -0.453 e. The smallest absolute Gasteiger partial charge is 0.328 e. The fraction of sp³-hybridized carbons (Fsp3) is 0.294. The lowest BCUT2D eigenvalue weighted by Gasteiger charge is -2.13. The number of nitrogens with zero attached hydrogens (tertiary/aromatic N) is 4. The van der Waals surface area contributed by atoms with Crippen LogP contribution < -0.4 is 5.56 Å². The quantitative estimate of drug-likeness (QED) is 0.411. The van der Waals surface area contributed by atoms with Crippen LogP contribution in [0.4, 0.5) is 5.69 Å². The zero-order chi connectivity index (χ0) is 19.7. The molecule has 0 aliphatic carbocycles. The molecule has 3 aromatic rings. The fourth-order valence-corrected chi connectivity index (χ4v) is 2.82. The van der Waals surface area contributed by atoms with Gasteiger partial charge in [0.2, 0.25) is 0 Å². The lowest BCUT2D eigenvalue weighted by atomic mass is 10.2. The molecule has 1 aromatic carbocycles. The number of aromatic nitrogens is 4. The second-order valence-corrected chi connectivity index (χ2v) is 6.03. The number of hydrogen-bond donors (Lipinski definition) is 1. The predicted molar refractivity (Wildman–Crippen MR) is 95.2 cm³/mol. The van der Waals surface area contributed by atoms with Crippen molar-refractivity contribution in [1.29, 1.82) is 0 Å². The molecule has 1 N–H and O–H groups in total. The molecule has 0 aliphatic rings. The van der Waals surface area contributed by atoms with E-state index in [1.165, 1.54) is 18.5 Å². The van der Waals surface area contributed by atoms with Crippen LogP contribution in [-0.2, 0) is 16.1 Å². The molecular weight excluding hydrogens is 354 g/mol. The standard InChI is InChI=1S/C17H17N5O5/c1-9-15(22(25)26)10(2)21(20-9)8-14(23)27-11(3)16-18-13-7-5-4-6-12(13)17(24)19-16/h4-7,11H,8H2,1-3H3,(H,18,19,24)/t11-/m1/s1. The third-order valence-electron chi connectivity index (χ3n) is 4.13. The topological polar surface area (TPSA) is 133 Å². The molecule has 0 saturated heterocycles. The summed E-state index contributed by atoms with van der Waals surface area (Å²) in [6.07, 6.45) is -0.804. The van der Waals surface area contributed by atoms with Crippen molar-refractivity contribution < 1.29 is 14.5 Å². The zero-order valence-corrected chi connectivity index (χ0v) is 14.9. The summed E-state index contributed by atoms with van der Waals surface area (Å²) in [6.45, 7) is 4.30. The molecule has 10 heteroatoms. The number of esters is 1. The summed E-state index contributed by atoms with van der Waals surface area (Å²) in [6, 6.07) is 6.83. The number of fused-ring (bicyclic) bond motifs is 1. The minimum absolute atomic E-state index is 0.128. The highest BCUT2D eigenvalue weighted by Crippen LogP contribution is 2.22. The first-order valence-corrected chi connectivity index (χ1v) is 8.14. The zero-order valence-electron chi connectivity index (χ0n) is 14.9. The maximum atomic E-state index is 12.2. The number of rotatable bonds is 5. The molecule has 0 amide bonds. The molecule has 0 spiro atoms. The Hall–Kier alpha value is -3.56. The van der Waals surface area contributed by atoms with Crippen molar-refractivity contribution in [2.45, 2.75) is 33.4 Å². The number of carbonyl (C=O) groups excluding carboxylic acids is 1. The van der Waals surface area contributed by atoms with E-state index in [0.29, 0.717) is 10.9 Å². The van der Waals surface area contributed by atoms with Crippen molar-refractivity contribution in [1.82, 2.24) is 19.7 Å². The number of benzene rings is 1. The summed E-state index contributed by atoms with van der Waals surface area (Å²) < 4.78 is 6.53. The average Bonchev–Trinajstić information content (AvgIpc) is 2.88. The third kappa shape index (κ3) is 3.54. The van der Waals surface area contributed by atoms with Gasteiger partial charge in [-0.25, -0.2) is 4.98 Å². The van der Waals surface area contributed by atoms with Crippen LogP contribution >= 0.6 is 0 Å².